The molecule has 0 aliphatic carbocycles. The van der Waals surface area contributed by atoms with Gasteiger partial charge in [0.05, 0.1) is 11.9 Å². The summed E-state index contributed by atoms with van der Waals surface area (Å²) in [6.45, 7) is 0. The third-order valence-electron chi connectivity index (χ3n) is 4.31. The molecule has 0 atom stereocenters. The van der Waals surface area contributed by atoms with E-state index in [2.05, 4.69) is 25.9 Å². The Bertz CT molecular complexity index is 1200. The second-order valence-corrected chi connectivity index (χ2v) is 6.52. The van der Waals surface area contributed by atoms with Crippen LogP contribution in [0.4, 0.5) is 37.6 Å². The molecule has 4 aromatic rings. The normalized spacial score (nSPS) is 10.4. The number of para-hydroxylation sites is 2. The third-order valence-corrected chi connectivity index (χ3v) is 4.31. The number of benzene rings is 3. The highest BCUT2D eigenvalue weighted by molar-refractivity contribution is 6.04. The van der Waals surface area contributed by atoms with Crippen molar-refractivity contribution in [3.05, 3.63) is 102 Å². The number of carbonyl (C=O) groups is 1. The number of anilines is 5. The topological polar surface area (TPSA) is 78.9 Å². The number of rotatable bonds is 6. The molecule has 31 heavy (non-hydrogen) atoms. The summed E-state index contributed by atoms with van der Waals surface area (Å²) < 4.78 is 27.9. The van der Waals surface area contributed by atoms with Crippen molar-refractivity contribution >= 4 is 34.7 Å². The maximum absolute atomic E-state index is 14.2. The largest absolute Gasteiger partial charge is 0.338 e. The Morgan fingerprint density at radius 1 is 0.742 bits per heavy atom. The third kappa shape index (κ3) is 4.99. The molecule has 0 aliphatic rings. The molecule has 1 amide bonds. The quantitative estimate of drug-likeness (QED) is 0.386. The number of nitrogens with one attached hydrogen (secondary N) is 3. The highest BCUT2D eigenvalue weighted by Gasteiger charge is 2.11. The van der Waals surface area contributed by atoms with E-state index in [0.717, 1.165) is 11.9 Å². The lowest BCUT2D eigenvalue weighted by Crippen LogP contribution is -2.12. The molecule has 0 saturated heterocycles. The van der Waals surface area contributed by atoms with Gasteiger partial charge < -0.3 is 16.0 Å². The van der Waals surface area contributed by atoms with E-state index in [0.29, 0.717) is 11.3 Å². The van der Waals surface area contributed by atoms with Crippen LogP contribution in [0.2, 0.25) is 0 Å². The van der Waals surface area contributed by atoms with E-state index in [1.165, 1.54) is 12.1 Å². The molecular formula is C23H17F2N5O. The number of carbonyl (C=O) groups excluding carboxylic acids is 1. The zero-order chi connectivity index (χ0) is 21.6. The van der Waals surface area contributed by atoms with Gasteiger partial charge in [0.25, 0.3) is 5.91 Å². The Kier molecular flexibility index (Phi) is 5.79. The van der Waals surface area contributed by atoms with Gasteiger partial charge in [-0.05, 0) is 48.5 Å². The summed E-state index contributed by atoms with van der Waals surface area (Å²) in [6, 6.07) is 21.5. The Balaban J connectivity index is 1.45. The van der Waals surface area contributed by atoms with Gasteiger partial charge in [-0.15, -0.1) is 0 Å². The van der Waals surface area contributed by atoms with Crippen molar-refractivity contribution in [2.45, 2.75) is 0 Å². The van der Waals surface area contributed by atoms with Crippen molar-refractivity contribution < 1.29 is 13.6 Å². The van der Waals surface area contributed by atoms with Crippen molar-refractivity contribution in [1.29, 1.82) is 0 Å². The van der Waals surface area contributed by atoms with Gasteiger partial charge in [-0.2, -0.15) is 4.98 Å². The van der Waals surface area contributed by atoms with Gasteiger partial charge in [0.2, 0.25) is 5.95 Å². The van der Waals surface area contributed by atoms with Crippen LogP contribution in [0.1, 0.15) is 10.4 Å². The lowest BCUT2D eigenvalue weighted by molar-refractivity contribution is 0.102. The molecule has 0 bridgehead atoms. The van der Waals surface area contributed by atoms with Gasteiger partial charge in [-0.3, -0.25) is 4.79 Å². The van der Waals surface area contributed by atoms with Crippen LogP contribution in [0, 0.1) is 11.6 Å². The standard InChI is InChI=1S/C23H17F2N5O/c24-18-8-4-5-9-20(18)29-22(31)15-10-12-17(13-11-15)27-21-19(25)14-26-23(30-21)28-16-6-2-1-3-7-16/h1-14H,(H,29,31)(H2,26,27,28,30). The maximum atomic E-state index is 14.2. The van der Waals surface area contributed by atoms with Crippen molar-refractivity contribution in [3.8, 4) is 0 Å². The second kappa shape index (κ2) is 9.00. The van der Waals surface area contributed by atoms with Crippen LogP contribution in [-0.4, -0.2) is 15.9 Å². The number of hydrogen-bond acceptors (Lipinski definition) is 5. The second-order valence-electron chi connectivity index (χ2n) is 6.52. The molecule has 154 valence electrons. The zero-order valence-corrected chi connectivity index (χ0v) is 16.1. The molecule has 0 saturated carbocycles. The highest BCUT2D eigenvalue weighted by Crippen LogP contribution is 2.21. The Morgan fingerprint density at radius 3 is 2.16 bits per heavy atom. The number of aromatic nitrogens is 2. The van der Waals surface area contributed by atoms with Crippen LogP contribution in [0.25, 0.3) is 0 Å². The van der Waals surface area contributed by atoms with E-state index in [1.54, 1.807) is 36.4 Å². The highest BCUT2D eigenvalue weighted by atomic mass is 19.1. The molecule has 1 aromatic heterocycles. The van der Waals surface area contributed by atoms with Gasteiger partial charge >= 0.3 is 0 Å². The minimum Gasteiger partial charge on any atom is -0.338 e. The summed E-state index contributed by atoms with van der Waals surface area (Å²) in [6.07, 6.45) is 1.07. The number of hydrogen-bond donors (Lipinski definition) is 3. The Morgan fingerprint density at radius 2 is 1.42 bits per heavy atom. The first-order valence-corrected chi connectivity index (χ1v) is 9.36. The van der Waals surface area contributed by atoms with Crippen LogP contribution in [0.3, 0.4) is 0 Å². The molecule has 3 aromatic carbocycles. The minimum atomic E-state index is -0.625. The summed E-state index contributed by atoms with van der Waals surface area (Å²) in [5.41, 5.74) is 1.70. The average molecular weight is 417 g/mol. The molecule has 0 aliphatic heterocycles. The van der Waals surface area contributed by atoms with Gasteiger partial charge in [0.15, 0.2) is 11.6 Å². The van der Waals surface area contributed by atoms with Crippen molar-refractivity contribution in [1.82, 2.24) is 9.97 Å². The van der Waals surface area contributed by atoms with E-state index in [-0.39, 0.29) is 17.5 Å². The fourth-order valence-corrected chi connectivity index (χ4v) is 2.76. The summed E-state index contributed by atoms with van der Waals surface area (Å²) in [5.74, 6) is -1.39. The lowest BCUT2D eigenvalue weighted by Gasteiger charge is -2.10. The van der Waals surface area contributed by atoms with E-state index >= 15 is 0 Å². The van der Waals surface area contributed by atoms with Gasteiger partial charge in [0, 0.05) is 16.9 Å². The smallest absolute Gasteiger partial charge is 0.255 e. The molecule has 0 spiro atoms. The van der Waals surface area contributed by atoms with Crippen LogP contribution in [0.15, 0.2) is 85.1 Å². The lowest BCUT2D eigenvalue weighted by atomic mass is 10.2. The first-order chi connectivity index (χ1) is 15.1. The van der Waals surface area contributed by atoms with E-state index < -0.39 is 17.5 Å². The molecule has 4 rings (SSSR count). The number of amides is 1. The van der Waals surface area contributed by atoms with E-state index in [1.807, 2.05) is 30.3 Å². The summed E-state index contributed by atoms with van der Waals surface area (Å²) in [5, 5.41) is 8.37. The van der Waals surface area contributed by atoms with Crippen LogP contribution in [-0.2, 0) is 0 Å². The molecule has 8 heteroatoms. The molecule has 1 heterocycles. The summed E-state index contributed by atoms with van der Waals surface area (Å²) >= 11 is 0. The molecular weight excluding hydrogens is 400 g/mol. The van der Waals surface area contributed by atoms with E-state index in [4.69, 9.17) is 0 Å². The van der Waals surface area contributed by atoms with Crippen molar-refractivity contribution in [3.63, 3.8) is 0 Å². The van der Waals surface area contributed by atoms with Crippen molar-refractivity contribution in [2.24, 2.45) is 0 Å². The van der Waals surface area contributed by atoms with Crippen LogP contribution in [0.5, 0.6) is 0 Å². The summed E-state index contributed by atoms with van der Waals surface area (Å²) in [7, 11) is 0. The van der Waals surface area contributed by atoms with E-state index in [9.17, 15) is 13.6 Å². The molecule has 6 nitrogen and oxygen atoms in total. The predicted octanol–water partition coefficient (Wildman–Crippen LogP) is 5.49. The predicted molar refractivity (Wildman–Crippen MR) is 116 cm³/mol. The average Bonchev–Trinajstić information content (AvgIpc) is 2.79. The molecule has 3 N–H and O–H groups in total. The first kappa shape index (κ1) is 20.0. The number of halogens is 2. The summed E-state index contributed by atoms with van der Waals surface area (Å²) in [4.78, 5) is 20.4. The van der Waals surface area contributed by atoms with Gasteiger partial charge in [-0.25, -0.2) is 13.8 Å². The molecule has 0 fully saturated rings. The monoisotopic (exact) mass is 417 g/mol. The Hall–Kier alpha value is -4.33. The maximum Gasteiger partial charge on any atom is 0.255 e. The van der Waals surface area contributed by atoms with Gasteiger partial charge in [-0.1, -0.05) is 30.3 Å². The van der Waals surface area contributed by atoms with Crippen LogP contribution >= 0.6 is 0 Å². The Labute approximate surface area is 177 Å². The molecule has 0 unspecified atom stereocenters. The fourth-order valence-electron chi connectivity index (χ4n) is 2.76. The number of nitrogens with zero attached hydrogens (tertiary/aromatic N) is 2. The fraction of sp³-hybridized carbons (Fsp3) is 0. The first-order valence-electron chi connectivity index (χ1n) is 9.36. The minimum absolute atomic E-state index is 0.0167. The SMILES string of the molecule is O=C(Nc1ccccc1F)c1ccc(Nc2nc(Nc3ccccc3)ncc2F)cc1. The zero-order valence-electron chi connectivity index (χ0n) is 16.1. The molecule has 0 radical (unpaired) electrons. The van der Waals surface area contributed by atoms with Gasteiger partial charge in [0.1, 0.15) is 5.82 Å². The van der Waals surface area contributed by atoms with Crippen LogP contribution < -0.4 is 16.0 Å². The van der Waals surface area contributed by atoms with Crippen molar-refractivity contribution in [2.75, 3.05) is 16.0 Å².